The molecule has 7 heteroatoms. The van der Waals surface area contributed by atoms with Crippen molar-refractivity contribution in [1.29, 1.82) is 0 Å². The number of aromatic nitrogens is 2. The van der Waals surface area contributed by atoms with Crippen LogP contribution in [0.25, 0.3) is 11.0 Å². The third-order valence-electron chi connectivity index (χ3n) is 7.31. The number of carbonyl (C=O) groups is 2. The Morgan fingerprint density at radius 2 is 1.82 bits per heavy atom. The molecule has 1 aromatic heterocycles. The lowest BCUT2D eigenvalue weighted by atomic mass is 9.83. The van der Waals surface area contributed by atoms with E-state index in [1.54, 1.807) is 24.1 Å². The van der Waals surface area contributed by atoms with Gasteiger partial charge in [-0.25, -0.2) is 9.37 Å². The van der Waals surface area contributed by atoms with Gasteiger partial charge < -0.3 is 14.4 Å². The van der Waals surface area contributed by atoms with Gasteiger partial charge in [-0.3, -0.25) is 9.59 Å². The molecule has 2 aliphatic rings. The molecule has 2 fully saturated rings. The topological polar surface area (TPSA) is 58.4 Å². The first-order valence-electron chi connectivity index (χ1n) is 11.7. The molecule has 2 saturated heterocycles. The van der Waals surface area contributed by atoms with E-state index in [1.807, 2.05) is 30.1 Å². The number of likely N-dealkylation sites (tertiary alicyclic amines) is 2. The average molecular weight is 449 g/mol. The van der Waals surface area contributed by atoms with Crippen molar-refractivity contribution in [3.05, 3.63) is 65.7 Å². The van der Waals surface area contributed by atoms with Crippen molar-refractivity contribution in [1.82, 2.24) is 19.4 Å². The Bertz CT molecular complexity index is 1190. The van der Waals surface area contributed by atoms with Gasteiger partial charge in [0.2, 0.25) is 11.8 Å². The molecule has 33 heavy (non-hydrogen) atoms. The third kappa shape index (κ3) is 3.90. The highest BCUT2D eigenvalue weighted by atomic mass is 19.1. The van der Waals surface area contributed by atoms with Crippen molar-refractivity contribution in [2.24, 2.45) is 13.0 Å². The SMILES string of the molecule is CN1C(=O)CCC(C(=O)N2CCCC(c3nc4ccccc4n3C)C2)C1c1ccc(F)cc1. The molecular formula is C26H29FN4O2. The van der Waals surface area contributed by atoms with Gasteiger partial charge in [-0.15, -0.1) is 0 Å². The zero-order valence-corrected chi connectivity index (χ0v) is 19.1. The van der Waals surface area contributed by atoms with E-state index in [-0.39, 0.29) is 35.5 Å². The Morgan fingerprint density at radius 1 is 1.06 bits per heavy atom. The van der Waals surface area contributed by atoms with Crippen molar-refractivity contribution < 1.29 is 14.0 Å². The standard InChI is InChI=1S/C26H29FN4O2/c1-29-22-8-4-3-7-21(22)28-25(29)18-6-5-15-31(16-18)26(33)20-13-14-23(32)30(2)24(20)17-9-11-19(27)12-10-17/h3-4,7-12,18,20,24H,5-6,13-16H2,1-2H3. The highest BCUT2D eigenvalue weighted by Gasteiger charge is 2.41. The van der Waals surface area contributed by atoms with Crippen LogP contribution in [0.1, 0.15) is 49.0 Å². The van der Waals surface area contributed by atoms with Crippen LogP contribution < -0.4 is 0 Å². The summed E-state index contributed by atoms with van der Waals surface area (Å²) in [5, 5.41) is 0. The van der Waals surface area contributed by atoms with Gasteiger partial charge in [-0.1, -0.05) is 24.3 Å². The predicted octanol–water partition coefficient (Wildman–Crippen LogP) is 4.03. The second-order valence-corrected chi connectivity index (χ2v) is 9.29. The largest absolute Gasteiger partial charge is 0.342 e. The number of amides is 2. The number of carbonyl (C=O) groups excluding carboxylic acids is 2. The van der Waals surface area contributed by atoms with Crippen LogP contribution in [-0.4, -0.2) is 51.3 Å². The zero-order chi connectivity index (χ0) is 23.1. The quantitative estimate of drug-likeness (QED) is 0.608. The summed E-state index contributed by atoms with van der Waals surface area (Å²) in [6.45, 7) is 1.34. The van der Waals surface area contributed by atoms with Crippen LogP contribution in [0, 0.1) is 11.7 Å². The van der Waals surface area contributed by atoms with Gasteiger partial charge in [0.15, 0.2) is 0 Å². The van der Waals surface area contributed by atoms with Crippen LogP contribution in [0.5, 0.6) is 0 Å². The number of piperidine rings is 2. The van der Waals surface area contributed by atoms with E-state index in [0.717, 1.165) is 35.3 Å². The molecule has 3 unspecified atom stereocenters. The summed E-state index contributed by atoms with van der Waals surface area (Å²) in [5.74, 6) is 0.619. The van der Waals surface area contributed by atoms with E-state index in [9.17, 15) is 14.0 Å². The first-order valence-corrected chi connectivity index (χ1v) is 11.7. The lowest BCUT2D eigenvalue weighted by molar-refractivity contribution is -0.147. The number of hydrogen-bond donors (Lipinski definition) is 0. The molecule has 0 saturated carbocycles. The van der Waals surface area contributed by atoms with Crippen molar-refractivity contribution in [2.75, 3.05) is 20.1 Å². The smallest absolute Gasteiger partial charge is 0.228 e. The monoisotopic (exact) mass is 448 g/mol. The van der Waals surface area contributed by atoms with Crippen molar-refractivity contribution in [3.63, 3.8) is 0 Å². The number of hydrogen-bond acceptors (Lipinski definition) is 3. The van der Waals surface area contributed by atoms with E-state index in [4.69, 9.17) is 4.98 Å². The number of nitrogens with zero attached hydrogens (tertiary/aromatic N) is 4. The summed E-state index contributed by atoms with van der Waals surface area (Å²) in [7, 11) is 3.78. The number of para-hydroxylation sites is 2. The van der Waals surface area contributed by atoms with Crippen LogP contribution >= 0.6 is 0 Å². The summed E-state index contributed by atoms with van der Waals surface area (Å²) in [6.07, 6.45) is 2.78. The minimum Gasteiger partial charge on any atom is -0.342 e. The second kappa shape index (κ2) is 8.61. The fourth-order valence-corrected chi connectivity index (χ4v) is 5.56. The maximum atomic E-state index is 13.8. The summed E-state index contributed by atoms with van der Waals surface area (Å²) in [4.78, 5) is 34.7. The molecule has 3 heterocycles. The molecule has 3 aromatic rings. The average Bonchev–Trinajstić information content (AvgIpc) is 3.18. The van der Waals surface area contributed by atoms with Crippen LogP contribution in [0.15, 0.2) is 48.5 Å². The Hall–Kier alpha value is -3.22. The van der Waals surface area contributed by atoms with E-state index < -0.39 is 0 Å². The molecule has 172 valence electrons. The first-order chi connectivity index (χ1) is 15.9. The lowest BCUT2D eigenvalue weighted by Crippen LogP contribution is -2.49. The number of imidazole rings is 1. The van der Waals surface area contributed by atoms with Crippen LogP contribution in [0.2, 0.25) is 0 Å². The van der Waals surface area contributed by atoms with Crippen molar-refractivity contribution >= 4 is 22.8 Å². The Kier molecular flexibility index (Phi) is 5.64. The minimum atomic E-state index is -0.379. The fraction of sp³-hybridized carbons (Fsp3) is 0.423. The Morgan fingerprint density at radius 3 is 2.58 bits per heavy atom. The van der Waals surface area contributed by atoms with Crippen molar-refractivity contribution in [2.45, 2.75) is 37.6 Å². The van der Waals surface area contributed by atoms with E-state index in [1.165, 1.54) is 12.1 Å². The van der Waals surface area contributed by atoms with E-state index in [0.29, 0.717) is 25.9 Å². The van der Waals surface area contributed by atoms with Gasteiger partial charge in [0.1, 0.15) is 11.6 Å². The van der Waals surface area contributed by atoms with Crippen molar-refractivity contribution in [3.8, 4) is 0 Å². The summed E-state index contributed by atoms with van der Waals surface area (Å²) >= 11 is 0. The number of aryl methyl sites for hydroxylation is 1. The fourth-order valence-electron chi connectivity index (χ4n) is 5.56. The van der Waals surface area contributed by atoms with Gasteiger partial charge in [0.25, 0.3) is 0 Å². The maximum absolute atomic E-state index is 13.8. The molecule has 0 spiro atoms. The predicted molar refractivity (Wildman–Crippen MR) is 124 cm³/mol. The number of benzene rings is 2. The van der Waals surface area contributed by atoms with E-state index in [2.05, 4.69) is 10.6 Å². The van der Waals surface area contributed by atoms with Gasteiger partial charge in [0.05, 0.1) is 23.0 Å². The summed E-state index contributed by atoms with van der Waals surface area (Å²) < 4.78 is 15.7. The normalized spacial score (nSPS) is 23.8. The molecule has 0 radical (unpaired) electrons. The minimum absolute atomic E-state index is 0.0181. The van der Waals surface area contributed by atoms with E-state index >= 15 is 0 Å². The molecule has 2 aliphatic heterocycles. The van der Waals surface area contributed by atoms with Gasteiger partial charge in [-0.05, 0) is 49.1 Å². The second-order valence-electron chi connectivity index (χ2n) is 9.29. The Labute approximate surface area is 193 Å². The van der Waals surface area contributed by atoms with Gasteiger partial charge >= 0.3 is 0 Å². The molecule has 0 N–H and O–H groups in total. The summed E-state index contributed by atoms with van der Waals surface area (Å²) in [6, 6.07) is 13.9. The van der Waals surface area contributed by atoms with Crippen LogP contribution in [-0.2, 0) is 16.6 Å². The zero-order valence-electron chi connectivity index (χ0n) is 19.1. The van der Waals surface area contributed by atoms with Crippen LogP contribution in [0.4, 0.5) is 4.39 Å². The van der Waals surface area contributed by atoms with Gasteiger partial charge in [0, 0.05) is 39.5 Å². The maximum Gasteiger partial charge on any atom is 0.228 e. The molecular weight excluding hydrogens is 419 g/mol. The molecule has 3 atom stereocenters. The molecule has 2 amide bonds. The Balaban J connectivity index is 1.40. The third-order valence-corrected chi connectivity index (χ3v) is 7.31. The van der Waals surface area contributed by atoms with Gasteiger partial charge in [-0.2, -0.15) is 0 Å². The highest BCUT2D eigenvalue weighted by Crippen LogP contribution is 2.38. The molecule has 5 rings (SSSR count). The molecule has 0 bridgehead atoms. The molecule has 2 aromatic carbocycles. The molecule has 0 aliphatic carbocycles. The molecule has 6 nitrogen and oxygen atoms in total. The number of fused-ring (bicyclic) bond motifs is 1. The van der Waals surface area contributed by atoms with Crippen LogP contribution in [0.3, 0.4) is 0 Å². The highest BCUT2D eigenvalue weighted by molar-refractivity contribution is 5.85. The first kappa shape index (κ1) is 21.6. The summed E-state index contributed by atoms with van der Waals surface area (Å²) in [5.41, 5.74) is 2.87. The number of rotatable bonds is 3. The lowest BCUT2D eigenvalue weighted by Gasteiger charge is -2.42. The number of halogens is 1.